The molecule has 128 valence electrons. The van der Waals surface area contributed by atoms with Gasteiger partial charge in [-0.15, -0.1) is 0 Å². The minimum Gasteiger partial charge on any atom is -0.507 e. The maximum atomic E-state index is 11.8. The molecule has 1 rings (SSSR count). The summed E-state index contributed by atoms with van der Waals surface area (Å²) in [5.41, 5.74) is 0.0940. The first kappa shape index (κ1) is 18.9. The lowest BCUT2D eigenvalue weighted by atomic mass is 9.97. The molecule has 0 aliphatic carbocycles. The standard InChI is InChI=1S/C16H22O7/c1-5-23-16(20)13(22-4)8-12(21-3)14-11(18)7-6-10(9(2)17)15(14)19/h6-7,12-13,18-19H,5,8H2,1-4H3/t12-,13+/m0/s1. The third kappa shape index (κ3) is 4.43. The average Bonchev–Trinajstić information content (AvgIpc) is 2.50. The number of aromatic hydroxyl groups is 2. The number of rotatable bonds is 8. The van der Waals surface area contributed by atoms with Crippen LogP contribution < -0.4 is 0 Å². The summed E-state index contributed by atoms with van der Waals surface area (Å²) in [5.74, 6) is -1.54. The molecule has 0 aliphatic rings. The van der Waals surface area contributed by atoms with Gasteiger partial charge in [0, 0.05) is 20.6 Å². The molecule has 0 unspecified atom stereocenters. The minimum absolute atomic E-state index is 0.00825. The van der Waals surface area contributed by atoms with Gasteiger partial charge in [0.05, 0.1) is 23.8 Å². The molecule has 0 radical (unpaired) electrons. The molecule has 2 N–H and O–H groups in total. The fourth-order valence-corrected chi connectivity index (χ4v) is 2.25. The highest BCUT2D eigenvalue weighted by atomic mass is 16.6. The molecule has 7 heteroatoms. The van der Waals surface area contributed by atoms with Crippen molar-refractivity contribution in [1.82, 2.24) is 0 Å². The lowest BCUT2D eigenvalue weighted by Gasteiger charge is -2.23. The quantitative estimate of drug-likeness (QED) is 0.556. The second kappa shape index (κ2) is 8.50. The van der Waals surface area contributed by atoms with Crippen molar-refractivity contribution in [2.75, 3.05) is 20.8 Å². The zero-order valence-corrected chi connectivity index (χ0v) is 13.7. The van der Waals surface area contributed by atoms with E-state index in [0.29, 0.717) is 0 Å². The van der Waals surface area contributed by atoms with E-state index in [9.17, 15) is 19.8 Å². The number of benzene rings is 1. The van der Waals surface area contributed by atoms with Gasteiger partial charge in [0.1, 0.15) is 11.5 Å². The molecular formula is C16H22O7. The normalized spacial score (nSPS) is 13.4. The van der Waals surface area contributed by atoms with Crippen LogP contribution in [0.25, 0.3) is 0 Å². The van der Waals surface area contributed by atoms with Crippen molar-refractivity contribution in [3.05, 3.63) is 23.3 Å². The summed E-state index contributed by atoms with van der Waals surface area (Å²) in [7, 11) is 2.71. The number of methoxy groups -OCH3 is 2. The van der Waals surface area contributed by atoms with Crippen LogP contribution in [0.15, 0.2) is 12.1 Å². The van der Waals surface area contributed by atoms with Gasteiger partial charge >= 0.3 is 5.97 Å². The van der Waals surface area contributed by atoms with Gasteiger partial charge in [-0.2, -0.15) is 0 Å². The van der Waals surface area contributed by atoms with Crippen molar-refractivity contribution in [2.24, 2.45) is 0 Å². The Bertz CT molecular complexity index is 568. The van der Waals surface area contributed by atoms with Crippen LogP contribution in [0, 0.1) is 0 Å². The zero-order valence-electron chi connectivity index (χ0n) is 13.7. The van der Waals surface area contributed by atoms with E-state index in [1.54, 1.807) is 6.92 Å². The predicted molar refractivity (Wildman–Crippen MR) is 81.6 cm³/mol. The number of Topliss-reactive ketones (excluding diaryl/α,β-unsaturated/α-hetero) is 1. The van der Waals surface area contributed by atoms with E-state index in [-0.39, 0.29) is 41.4 Å². The fourth-order valence-electron chi connectivity index (χ4n) is 2.25. The fraction of sp³-hybridized carbons (Fsp3) is 0.500. The van der Waals surface area contributed by atoms with Crippen LogP contribution in [-0.2, 0) is 19.0 Å². The van der Waals surface area contributed by atoms with Crippen LogP contribution in [0.5, 0.6) is 11.5 Å². The SMILES string of the molecule is CCOC(=O)[C@@H](C[C@H](OC)c1c(O)ccc(C(C)=O)c1O)OC. The summed E-state index contributed by atoms with van der Waals surface area (Å²) in [6.07, 6.45) is -1.78. The summed E-state index contributed by atoms with van der Waals surface area (Å²) in [6.45, 7) is 3.17. The van der Waals surface area contributed by atoms with Crippen molar-refractivity contribution in [3.63, 3.8) is 0 Å². The highest BCUT2D eigenvalue weighted by Crippen LogP contribution is 2.39. The molecule has 23 heavy (non-hydrogen) atoms. The van der Waals surface area contributed by atoms with Crippen LogP contribution in [-0.4, -0.2) is 48.9 Å². The van der Waals surface area contributed by atoms with Crippen LogP contribution >= 0.6 is 0 Å². The number of hydrogen-bond acceptors (Lipinski definition) is 7. The van der Waals surface area contributed by atoms with E-state index < -0.39 is 18.2 Å². The van der Waals surface area contributed by atoms with Crippen LogP contribution in [0.2, 0.25) is 0 Å². The Labute approximate surface area is 134 Å². The maximum Gasteiger partial charge on any atom is 0.335 e. The number of hydrogen-bond donors (Lipinski definition) is 2. The van der Waals surface area contributed by atoms with Gasteiger partial charge in [-0.05, 0) is 26.0 Å². The van der Waals surface area contributed by atoms with Crippen molar-refractivity contribution in [3.8, 4) is 11.5 Å². The molecule has 0 aromatic heterocycles. The number of phenols is 2. The van der Waals surface area contributed by atoms with Gasteiger partial charge in [0.15, 0.2) is 11.9 Å². The molecule has 0 amide bonds. The van der Waals surface area contributed by atoms with E-state index >= 15 is 0 Å². The smallest absolute Gasteiger partial charge is 0.335 e. The summed E-state index contributed by atoms with van der Waals surface area (Å²) in [6, 6.07) is 2.62. The number of phenolic OH excluding ortho intramolecular Hbond substituents is 2. The molecular weight excluding hydrogens is 304 g/mol. The molecule has 0 saturated heterocycles. The second-order valence-corrected chi connectivity index (χ2v) is 4.89. The first-order valence-corrected chi connectivity index (χ1v) is 7.15. The Morgan fingerprint density at radius 2 is 1.83 bits per heavy atom. The van der Waals surface area contributed by atoms with E-state index in [4.69, 9.17) is 14.2 Å². The van der Waals surface area contributed by atoms with E-state index in [1.807, 2.05) is 0 Å². The van der Waals surface area contributed by atoms with Crippen molar-refractivity contribution in [2.45, 2.75) is 32.5 Å². The molecule has 0 bridgehead atoms. The number of esters is 1. The monoisotopic (exact) mass is 326 g/mol. The van der Waals surface area contributed by atoms with E-state index in [2.05, 4.69) is 0 Å². The predicted octanol–water partition coefficient (Wildman–Crippen LogP) is 1.96. The first-order chi connectivity index (χ1) is 10.9. The lowest BCUT2D eigenvalue weighted by molar-refractivity contribution is -0.157. The molecule has 1 aromatic carbocycles. The zero-order chi connectivity index (χ0) is 17.6. The first-order valence-electron chi connectivity index (χ1n) is 7.15. The molecule has 0 aliphatic heterocycles. The average molecular weight is 326 g/mol. The topological polar surface area (TPSA) is 102 Å². The molecule has 2 atom stereocenters. The van der Waals surface area contributed by atoms with Crippen molar-refractivity contribution >= 4 is 11.8 Å². The molecule has 0 spiro atoms. The van der Waals surface area contributed by atoms with Gasteiger partial charge < -0.3 is 24.4 Å². The third-order valence-corrected chi connectivity index (χ3v) is 3.44. The minimum atomic E-state index is -0.931. The number of carbonyl (C=O) groups is 2. The Hall–Kier alpha value is -2.12. The molecule has 7 nitrogen and oxygen atoms in total. The lowest BCUT2D eigenvalue weighted by Crippen LogP contribution is -2.28. The summed E-state index contributed by atoms with van der Waals surface area (Å²) in [4.78, 5) is 23.4. The van der Waals surface area contributed by atoms with Crippen LogP contribution in [0.1, 0.15) is 42.3 Å². The van der Waals surface area contributed by atoms with Crippen LogP contribution in [0.4, 0.5) is 0 Å². The Morgan fingerprint density at radius 3 is 2.30 bits per heavy atom. The van der Waals surface area contributed by atoms with Gasteiger partial charge in [-0.1, -0.05) is 0 Å². The van der Waals surface area contributed by atoms with Crippen molar-refractivity contribution < 1.29 is 34.0 Å². The van der Waals surface area contributed by atoms with Gasteiger partial charge in [0.25, 0.3) is 0 Å². The summed E-state index contributed by atoms with van der Waals surface area (Å²) in [5, 5.41) is 20.3. The molecule has 0 fully saturated rings. The Morgan fingerprint density at radius 1 is 1.17 bits per heavy atom. The molecule has 0 heterocycles. The largest absolute Gasteiger partial charge is 0.507 e. The Kier molecular flexibility index (Phi) is 6.99. The second-order valence-electron chi connectivity index (χ2n) is 4.89. The number of ketones is 1. The summed E-state index contributed by atoms with van der Waals surface area (Å²) >= 11 is 0. The van der Waals surface area contributed by atoms with Crippen LogP contribution in [0.3, 0.4) is 0 Å². The van der Waals surface area contributed by atoms with Gasteiger partial charge in [-0.25, -0.2) is 4.79 Å². The van der Waals surface area contributed by atoms with Gasteiger partial charge in [0.2, 0.25) is 0 Å². The Balaban J connectivity index is 3.17. The summed E-state index contributed by atoms with van der Waals surface area (Å²) < 4.78 is 15.3. The number of ether oxygens (including phenoxy) is 3. The third-order valence-electron chi connectivity index (χ3n) is 3.44. The highest BCUT2D eigenvalue weighted by molar-refractivity contribution is 5.97. The molecule has 0 saturated carbocycles. The van der Waals surface area contributed by atoms with Crippen molar-refractivity contribution in [1.29, 1.82) is 0 Å². The number of carbonyl (C=O) groups excluding carboxylic acids is 2. The van der Waals surface area contributed by atoms with E-state index in [0.717, 1.165) is 0 Å². The maximum absolute atomic E-state index is 11.8. The highest BCUT2D eigenvalue weighted by Gasteiger charge is 2.29. The van der Waals surface area contributed by atoms with E-state index in [1.165, 1.54) is 33.3 Å². The molecule has 1 aromatic rings. The van der Waals surface area contributed by atoms with Gasteiger partial charge in [-0.3, -0.25) is 4.79 Å².